The van der Waals surface area contributed by atoms with Crippen molar-refractivity contribution in [1.29, 1.82) is 0 Å². The second-order valence-electron chi connectivity index (χ2n) is 3.44. The smallest absolute Gasteiger partial charge is 0.219 e. The van der Waals surface area contributed by atoms with Crippen molar-refractivity contribution in [3.05, 3.63) is 0 Å². The minimum Gasteiger partial charge on any atom is -0.338 e. The third-order valence-electron chi connectivity index (χ3n) is 2.49. The molecule has 0 rings (SSSR count). The average Bonchev–Trinajstić information content (AvgIpc) is 2.03. The Morgan fingerprint density at radius 1 is 1.17 bits per heavy atom. The number of hydrogen-bond acceptors (Lipinski definition) is 1. The number of nitrogens with zero attached hydrogens (tertiary/aromatic N) is 1. The van der Waals surface area contributed by atoms with Crippen LogP contribution in [0.4, 0.5) is 0 Å². The Bertz CT molecular complexity index is 135. The van der Waals surface area contributed by atoms with E-state index in [2.05, 4.69) is 27.7 Å². The van der Waals surface area contributed by atoms with E-state index in [0.29, 0.717) is 12.1 Å². The van der Waals surface area contributed by atoms with Crippen LogP contribution < -0.4 is 0 Å². The van der Waals surface area contributed by atoms with Crippen LogP contribution >= 0.6 is 0 Å². The zero-order valence-corrected chi connectivity index (χ0v) is 8.92. The van der Waals surface area contributed by atoms with Crippen molar-refractivity contribution in [1.82, 2.24) is 4.90 Å². The predicted octanol–water partition coefficient (Wildman–Crippen LogP) is 2.43. The summed E-state index contributed by atoms with van der Waals surface area (Å²) in [6.45, 7) is 10.1. The summed E-state index contributed by atoms with van der Waals surface area (Å²) in [5, 5.41) is 0. The standard InChI is InChI=1S/C10H21NO/c1-6-8(3)11(10(5)12)9(4)7-2/h8-9H,6-7H2,1-5H3/t8-,9-/m1/s1. The second-order valence-corrected chi connectivity index (χ2v) is 3.44. The van der Waals surface area contributed by atoms with E-state index in [0.717, 1.165) is 12.8 Å². The van der Waals surface area contributed by atoms with Crippen molar-refractivity contribution in [2.24, 2.45) is 0 Å². The summed E-state index contributed by atoms with van der Waals surface area (Å²) in [6, 6.07) is 0.745. The third kappa shape index (κ3) is 2.84. The molecule has 0 aromatic carbocycles. The summed E-state index contributed by atoms with van der Waals surface area (Å²) in [5.74, 6) is 0.193. The van der Waals surface area contributed by atoms with Crippen molar-refractivity contribution in [3.63, 3.8) is 0 Å². The first kappa shape index (κ1) is 11.5. The lowest BCUT2D eigenvalue weighted by molar-refractivity contribution is -0.133. The van der Waals surface area contributed by atoms with E-state index >= 15 is 0 Å². The zero-order chi connectivity index (χ0) is 9.72. The second kappa shape index (κ2) is 5.18. The molecule has 0 bridgehead atoms. The first-order valence-electron chi connectivity index (χ1n) is 4.83. The van der Waals surface area contributed by atoms with E-state index in [9.17, 15) is 4.79 Å². The van der Waals surface area contributed by atoms with Crippen LogP contribution in [-0.2, 0) is 4.79 Å². The minimum absolute atomic E-state index is 0.193. The topological polar surface area (TPSA) is 20.3 Å². The Morgan fingerprint density at radius 2 is 1.50 bits per heavy atom. The van der Waals surface area contributed by atoms with Gasteiger partial charge in [0.2, 0.25) is 5.91 Å². The largest absolute Gasteiger partial charge is 0.338 e. The molecule has 2 nitrogen and oxygen atoms in total. The van der Waals surface area contributed by atoms with Gasteiger partial charge in [0.05, 0.1) is 0 Å². The molecule has 0 spiro atoms. The Morgan fingerprint density at radius 3 is 1.67 bits per heavy atom. The highest BCUT2D eigenvalue weighted by molar-refractivity contribution is 5.73. The molecule has 0 aromatic rings. The monoisotopic (exact) mass is 171 g/mol. The minimum atomic E-state index is 0.193. The molecular formula is C10H21NO. The van der Waals surface area contributed by atoms with Crippen LogP contribution in [0.2, 0.25) is 0 Å². The maximum absolute atomic E-state index is 11.3. The summed E-state index contributed by atoms with van der Waals surface area (Å²) in [7, 11) is 0. The van der Waals surface area contributed by atoms with E-state index in [4.69, 9.17) is 0 Å². The Hall–Kier alpha value is -0.530. The Labute approximate surface area is 75.9 Å². The lowest BCUT2D eigenvalue weighted by atomic mass is 10.1. The SMILES string of the molecule is CC[C@@H](C)N(C(C)=O)[C@H](C)CC. The molecule has 2 heteroatoms. The van der Waals surface area contributed by atoms with Gasteiger partial charge in [0.15, 0.2) is 0 Å². The number of hydrogen-bond donors (Lipinski definition) is 0. The highest BCUT2D eigenvalue weighted by atomic mass is 16.2. The molecule has 0 saturated carbocycles. The maximum atomic E-state index is 11.3. The number of amides is 1. The van der Waals surface area contributed by atoms with Crippen molar-refractivity contribution >= 4 is 5.91 Å². The molecule has 0 heterocycles. The quantitative estimate of drug-likeness (QED) is 0.636. The molecule has 1 amide bonds. The van der Waals surface area contributed by atoms with Crippen molar-refractivity contribution in [2.75, 3.05) is 0 Å². The summed E-state index contributed by atoms with van der Waals surface area (Å²) >= 11 is 0. The molecular weight excluding hydrogens is 150 g/mol. The Kier molecular flexibility index (Phi) is 4.95. The summed E-state index contributed by atoms with van der Waals surface area (Å²) < 4.78 is 0. The summed E-state index contributed by atoms with van der Waals surface area (Å²) in [5.41, 5.74) is 0. The highest BCUT2D eigenvalue weighted by Crippen LogP contribution is 2.11. The first-order chi connectivity index (χ1) is 5.54. The molecule has 0 aliphatic rings. The zero-order valence-electron chi connectivity index (χ0n) is 8.92. The molecule has 12 heavy (non-hydrogen) atoms. The van der Waals surface area contributed by atoms with Gasteiger partial charge in [0.1, 0.15) is 0 Å². The summed E-state index contributed by atoms with van der Waals surface area (Å²) in [4.78, 5) is 13.2. The molecule has 72 valence electrons. The van der Waals surface area contributed by atoms with E-state index in [1.54, 1.807) is 6.92 Å². The molecule has 0 saturated heterocycles. The van der Waals surface area contributed by atoms with Crippen LogP contribution in [0.3, 0.4) is 0 Å². The fourth-order valence-corrected chi connectivity index (χ4v) is 1.45. The van der Waals surface area contributed by atoms with Gasteiger partial charge in [-0.25, -0.2) is 0 Å². The molecule has 0 radical (unpaired) electrons. The van der Waals surface area contributed by atoms with Gasteiger partial charge in [-0.05, 0) is 26.7 Å². The molecule has 0 unspecified atom stereocenters. The Balaban J connectivity index is 4.32. The average molecular weight is 171 g/mol. The van der Waals surface area contributed by atoms with Gasteiger partial charge < -0.3 is 4.90 Å². The molecule has 0 fully saturated rings. The van der Waals surface area contributed by atoms with Crippen LogP contribution in [0.15, 0.2) is 0 Å². The van der Waals surface area contributed by atoms with E-state index in [1.165, 1.54) is 0 Å². The first-order valence-corrected chi connectivity index (χ1v) is 4.83. The van der Waals surface area contributed by atoms with Gasteiger partial charge in [-0.1, -0.05) is 13.8 Å². The van der Waals surface area contributed by atoms with E-state index < -0.39 is 0 Å². The van der Waals surface area contributed by atoms with Crippen molar-refractivity contribution in [2.45, 2.75) is 59.5 Å². The normalized spacial score (nSPS) is 15.4. The third-order valence-corrected chi connectivity index (χ3v) is 2.49. The van der Waals surface area contributed by atoms with Gasteiger partial charge in [-0.3, -0.25) is 4.79 Å². The van der Waals surface area contributed by atoms with Crippen LogP contribution in [0.25, 0.3) is 0 Å². The maximum Gasteiger partial charge on any atom is 0.219 e. The van der Waals surface area contributed by atoms with E-state index in [-0.39, 0.29) is 5.91 Å². The molecule has 0 aromatic heterocycles. The van der Waals surface area contributed by atoms with Gasteiger partial charge in [-0.2, -0.15) is 0 Å². The van der Waals surface area contributed by atoms with Crippen LogP contribution in [0, 0.1) is 0 Å². The fraction of sp³-hybridized carbons (Fsp3) is 0.900. The number of carbonyl (C=O) groups excluding carboxylic acids is 1. The lowest BCUT2D eigenvalue weighted by Gasteiger charge is -2.32. The summed E-state index contributed by atoms with van der Waals surface area (Å²) in [6.07, 6.45) is 2.06. The van der Waals surface area contributed by atoms with Crippen LogP contribution in [0.5, 0.6) is 0 Å². The molecule has 2 atom stereocenters. The predicted molar refractivity (Wildman–Crippen MR) is 52.0 cm³/mol. The van der Waals surface area contributed by atoms with Crippen LogP contribution in [0.1, 0.15) is 47.5 Å². The number of carbonyl (C=O) groups is 1. The number of rotatable bonds is 4. The highest BCUT2D eigenvalue weighted by Gasteiger charge is 2.19. The van der Waals surface area contributed by atoms with Gasteiger partial charge in [0, 0.05) is 19.0 Å². The molecule has 0 N–H and O–H groups in total. The lowest BCUT2D eigenvalue weighted by Crippen LogP contribution is -2.42. The van der Waals surface area contributed by atoms with Crippen molar-refractivity contribution < 1.29 is 4.79 Å². The van der Waals surface area contributed by atoms with Gasteiger partial charge >= 0.3 is 0 Å². The fourth-order valence-electron chi connectivity index (χ4n) is 1.45. The molecule has 0 aliphatic heterocycles. The van der Waals surface area contributed by atoms with E-state index in [1.807, 2.05) is 4.90 Å². The molecule has 0 aliphatic carbocycles. The van der Waals surface area contributed by atoms with Crippen molar-refractivity contribution in [3.8, 4) is 0 Å². The van der Waals surface area contributed by atoms with Gasteiger partial charge in [0.25, 0.3) is 0 Å². The van der Waals surface area contributed by atoms with Crippen LogP contribution in [-0.4, -0.2) is 22.9 Å². The van der Waals surface area contributed by atoms with Gasteiger partial charge in [-0.15, -0.1) is 0 Å².